The molecule has 0 saturated carbocycles. The van der Waals surface area contributed by atoms with Gasteiger partial charge in [0.1, 0.15) is 0 Å². The van der Waals surface area contributed by atoms with Gasteiger partial charge >= 0.3 is 0 Å². The van der Waals surface area contributed by atoms with Gasteiger partial charge in [-0.1, -0.05) is 47.5 Å². The number of benzene rings is 4. The Morgan fingerprint density at radius 3 is 1.26 bits per heavy atom. The molecular weight excluding hydrogens is 439 g/mol. The van der Waals surface area contributed by atoms with Crippen molar-refractivity contribution >= 4 is 52.0 Å². The van der Waals surface area contributed by atoms with Gasteiger partial charge in [0, 0.05) is 10.0 Å². The van der Waals surface area contributed by atoms with Crippen LogP contribution in [0.2, 0.25) is 10.0 Å². The summed E-state index contributed by atoms with van der Waals surface area (Å²) < 4.78 is 0. The number of fused-ring (bicyclic) bond motifs is 10. The van der Waals surface area contributed by atoms with Gasteiger partial charge in [-0.05, 0) is 91.5 Å². The summed E-state index contributed by atoms with van der Waals surface area (Å²) in [6, 6.07) is 28.7. The van der Waals surface area contributed by atoms with E-state index in [0.717, 1.165) is 22.3 Å². The van der Waals surface area contributed by atoms with Crippen molar-refractivity contribution < 1.29 is 0 Å². The first-order valence-electron chi connectivity index (χ1n) is 9.78. The SMILES string of the molecule is N#Cc1ccc2c(c1)-c1cc(C#N)ccc1[Si]21c2ccc(Cl)cc2-c2cc(Cl)ccc21. The highest BCUT2D eigenvalue weighted by atomic mass is 35.5. The average Bonchev–Trinajstić information content (AvgIpc) is 3.23. The molecule has 0 fully saturated rings. The lowest BCUT2D eigenvalue weighted by atomic mass is 10.0. The van der Waals surface area contributed by atoms with Crippen molar-refractivity contribution in [2.24, 2.45) is 0 Å². The van der Waals surface area contributed by atoms with E-state index in [1.165, 1.54) is 20.7 Å². The molecule has 0 aliphatic carbocycles. The lowest BCUT2D eigenvalue weighted by Crippen LogP contribution is -2.70. The lowest BCUT2D eigenvalue weighted by Gasteiger charge is -2.27. The number of halogens is 2. The monoisotopic (exact) mass is 450 g/mol. The minimum atomic E-state index is -2.61. The number of nitriles is 2. The van der Waals surface area contributed by atoms with Crippen LogP contribution in [0.1, 0.15) is 11.1 Å². The van der Waals surface area contributed by atoms with Crippen LogP contribution < -0.4 is 20.7 Å². The predicted molar refractivity (Wildman–Crippen MR) is 127 cm³/mol. The molecule has 4 aromatic carbocycles. The molecule has 0 amide bonds. The summed E-state index contributed by atoms with van der Waals surface area (Å²) in [7, 11) is -2.61. The van der Waals surface area contributed by atoms with Crippen LogP contribution in [0.15, 0.2) is 72.8 Å². The van der Waals surface area contributed by atoms with Crippen LogP contribution in [-0.4, -0.2) is 8.07 Å². The summed E-state index contributed by atoms with van der Waals surface area (Å²) in [4.78, 5) is 0. The van der Waals surface area contributed by atoms with E-state index in [0.29, 0.717) is 21.2 Å². The number of nitrogens with zero attached hydrogens (tertiary/aromatic N) is 2. The van der Waals surface area contributed by atoms with Gasteiger partial charge in [-0.25, -0.2) is 0 Å². The van der Waals surface area contributed by atoms with Gasteiger partial charge in [-0.3, -0.25) is 0 Å². The van der Waals surface area contributed by atoms with Crippen LogP contribution >= 0.6 is 23.2 Å². The third-order valence-electron chi connectivity index (χ3n) is 6.46. The van der Waals surface area contributed by atoms with Crippen molar-refractivity contribution in [3.63, 3.8) is 0 Å². The molecule has 0 N–H and O–H groups in total. The molecular formula is C26H12Cl2N2Si. The van der Waals surface area contributed by atoms with Gasteiger partial charge in [0.2, 0.25) is 0 Å². The van der Waals surface area contributed by atoms with Crippen LogP contribution in [0.4, 0.5) is 0 Å². The molecule has 4 aromatic rings. The Labute approximate surface area is 190 Å². The topological polar surface area (TPSA) is 47.6 Å². The van der Waals surface area contributed by atoms with E-state index in [9.17, 15) is 10.5 Å². The van der Waals surface area contributed by atoms with Crippen molar-refractivity contribution in [1.82, 2.24) is 0 Å². The lowest BCUT2D eigenvalue weighted by molar-refractivity contribution is 1.48. The zero-order valence-corrected chi connectivity index (χ0v) is 18.6. The summed E-state index contributed by atoms with van der Waals surface area (Å²) in [5.41, 5.74) is 5.55. The maximum Gasteiger partial charge on any atom is 0.182 e. The second kappa shape index (κ2) is 6.33. The third kappa shape index (κ3) is 2.26. The summed E-state index contributed by atoms with van der Waals surface area (Å²) >= 11 is 12.8. The van der Waals surface area contributed by atoms with Gasteiger partial charge in [0.05, 0.1) is 23.3 Å². The van der Waals surface area contributed by atoms with E-state index in [2.05, 4.69) is 36.4 Å². The average molecular weight is 451 g/mol. The minimum absolute atomic E-state index is 0.615. The molecule has 0 bridgehead atoms. The number of hydrogen-bond donors (Lipinski definition) is 0. The molecule has 2 heterocycles. The fourth-order valence-corrected chi connectivity index (χ4v) is 11.2. The van der Waals surface area contributed by atoms with Crippen molar-refractivity contribution in [3.8, 4) is 34.4 Å². The van der Waals surface area contributed by atoms with Crippen LogP contribution in [0, 0.1) is 22.7 Å². The van der Waals surface area contributed by atoms with Crippen LogP contribution in [0.3, 0.4) is 0 Å². The zero-order chi connectivity index (χ0) is 21.3. The molecule has 0 aromatic heterocycles. The van der Waals surface area contributed by atoms with Gasteiger partial charge in [0.25, 0.3) is 0 Å². The van der Waals surface area contributed by atoms with E-state index in [-0.39, 0.29) is 0 Å². The predicted octanol–water partition coefficient (Wildman–Crippen LogP) is 4.07. The molecule has 31 heavy (non-hydrogen) atoms. The van der Waals surface area contributed by atoms with Crippen LogP contribution in [0.25, 0.3) is 22.3 Å². The minimum Gasteiger partial charge on any atom is -0.192 e. The normalized spacial score (nSPS) is 13.7. The molecule has 1 spiro atoms. The molecule has 2 aliphatic heterocycles. The molecule has 0 saturated heterocycles. The Hall–Kier alpha value is -3.34. The summed E-state index contributed by atoms with van der Waals surface area (Å²) in [5.74, 6) is 0. The Morgan fingerprint density at radius 1 is 0.516 bits per heavy atom. The van der Waals surface area contributed by atoms with Crippen molar-refractivity contribution in [2.45, 2.75) is 0 Å². The highest BCUT2D eigenvalue weighted by Crippen LogP contribution is 2.38. The largest absolute Gasteiger partial charge is 0.192 e. The molecule has 0 radical (unpaired) electrons. The first-order chi connectivity index (χ1) is 15.1. The second-order valence-corrected chi connectivity index (χ2v) is 12.4. The van der Waals surface area contributed by atoms with Crippen molar-refractivity contribution in [3.05, 3.63) is 94.0 Å². The third-order valence-corrected chi connectivity index (χ3v) is 11.9. The molecule has 0 unspecified atom stereocenters. The van der Waals surface area contributed by atoms with Gasteiger partial charge in [-0.15, -0.1) is 0 Å². The van der Waals surface area contributed by atoms with Gasteiger partial charge in [0.15, 0.2) is 8.07 Å². The van der Waals surface area contributed by atoms with E-state index >= 15 is 0 Å². The van der Waals surface area contributed by atoms with Crippen LogP contribution in [-0.2, 0) is 0 Å². The first-order valence-corrected chi connectivity index (χ1v) is 12.5. The Kier molecular flexibility index (Phi) is 3.76. The zero-order valence-electron chi connectivity index (χ0n) is 16.1. The van der Waals surface area contributed by atoms with Crippen LogP contribution in [0.5, 0.6) is 0 Å². The summed E-state index contributed by atoms with van der Waals surface area (Å²) in [5, 5.41) is 25.4. The molecule has 144 valence electrons. The quantitative estimate of drug-likeness (QED) is 0.327. The highest BCUT2D eigenvalue weighted by Gasteiger charge is 2.54. The second-order valence-electron chi connectivity index (χ2n) is 7.87. The fraction of sp³-hybridized carbons (Fsp3) is 0. The Morgan fingerprint density at radius 2 is 0.871 bits per heavy atom. The molecule has 2 nitrogen and oxygen atoms in total. The summed E-state index contributed by atoms with van der Waals surface area (Å²) in [6.07, 6.45) is 0. The number of rotatable bonds is 0. The highest BCUT2D eigenvalue weighted by molar-refractivity contribution is 7.24. The van der Waals surface area contributed by atoms with Gasteiger partial charge in [-0.2, -0.15) is 10.5 Å². The standard InChI is InChI=1S/C26H12Cl2N2Si/c27-17-3-7-25-21(11-17)22-12-18(28)4-8-26(22)31(25)23-5-1-15(13-29)9-19(23)20-10-16(14-30)2-6-24(20)31/h1-12H. The number of hydrogen-bond acceptors (Lipinski definition) is 2. The molecule has 2 aliphatic rings. The fourth-order valence-electron chi connectivity index (χ4n) is 5.33. The smallest absolute Gasteiger partial charge is 0.182 e. The Bertz CT molecular complexity index is 1430. The van der Waals surface area contributed by atoms with Gasteiger partial charge < -0.3 is 0 Å². The van der Waals surface area contributed by atoms with E-state index in [1.807, 2.05) is 48.5 Å². The Balaban J connectivity index is 1.83. The summed E-state index contributed by atoms with van der Waals surface area (Å²) in [6.45, 7) is 0. The van der Waals surface area contributed by atoms with Crippen molar-refractivity contribution in [1.29, 1.82) is 10.5 Å². The molecule has 0 atom stereocenters. The maximum atomic E-state index is 9.53. The maximum absolute atomic E-state index is 9.53. The van der Waals surface area contributed by atoms with Crippen molar-refractivity contribution in [2.75, 3.05) is 0 Å². The van der Waals surface area contributed by atoms with E-state index in [1.54, 1.807) is 0 Å². The van der Waals surface area contributed by atoms with E-state index < -0.39 is 8.07 Å². The molecule has 5 heteroatoms. The van der Waals surface area contributed by atoms with E-state index in [4.69, 9.17) is 23.2 Å². The first kappa shape index (κ1) is 18.4. The molecule has 6 rings (SSSR count).